The Balaban J connectivity index is 1.53. The maximum absolute atomic E-state index is 13.6. The van der Waals surface area contributed by atoms with E-state index in [1.165, 1.54) is 30.2 Å². The van der Waals surface area contributed by atoms with Crippen molar-refractivity contribution in [3.8, 4) is 0 Å². The number of hydrogen-bond donors (Lipinski definition) is 1. The molecule has 182 valence electrons. The Morgan fingerprint density at radius 2 is 1.76 bits per heavy atom. The van der Waals surface area contributed by atoms with Gasteiger partial charge in [-0.05, 0) is 69.2 Å². The van der Waals surface area contributed by atoms with Crippen LogP contribution >= 0.6 is 0 Å². The lowest BCUT2D eigenvalue weighted by atomic mass is 9.87. The molecule has 2 aliphatic carbocycles. The summed E-state index contributed by atoms with van der Waals surface area (Å²) in [5.41, 5.74) is 2.42. The molecular formula is C27H35N3O4. The Labute approximate surface area is 201 Å². The van der Waals surface area contributed by atoms with Gasteiger partial charge in [0.2, 0.25) is 17.7 Å². The van der Waals surface area contributed by atoms with Gasteiger partial charge in [0.1, 0.15) is 6.04 Å². The molecule has 34 heavy (non-hydrogen) atoms. The molecule has 1 N–H and O–H groups in total. The first-order valence-corrected chi connectivity index (χ1v) is 12.7. The van der Waals surface area contributed by atoms with Gasteiger partial charge >= 0.3 is 0 Å². The number of rotatable bonds is 7. The molecule has 4 rings (SSSR count). The van der Waals surface area contributed by atoms with Crippen molar-refractivity contribution in [2.45, 2.75) is 83.6 Å². The highest BCUT2D eigenvalue weighted by molar-refractivity contribution is 6.23. The first-order valence-electron chi connectivity index (χ1n) is 12.7. The van der Waals surface area contributed by atoms with Crippen molar-refractivity contribution in [1.82, 2.24) is 4.90 Å². The van der Waals surface area contributed by atoms with Gasteiger partial charge < -0.3 is 10.2 Å². The van der Waals surface area contributed by atoms with Crippen LogP contribution in [-0.4, -0.2) is 41.1 Å². The molecule has 4 amide bonds. The van der Waals surface area contributed by atoms with Crippen LogP contribution in [0.3, 0.4) is 0 Å². The standard InChI is InChI=1S/C27H35N3O4/c1-19(31)28-22-12-14-23(15-13-22)30-25(32)18-24(27(30)34)29(17-16-20-8-4-2-5-9-20)26(33)21-10-6-3-7-11-21/h8,12-15,21,24H,2-7,9-11,16-18H2,1H3,(H,28,31). The number of amides is 4. The summed E-state index contributed by atoms with van der Waals surface area (Å²) in [6.45, 7) is 1.91. The van der Waals surface area contributed by atoms with Crippen LogP contribution in [0.25, 0.3) is 0 Å². The van der Waals surface area contributed by atoms with E-state index >= 15 is 0 Å². The molecule has 0 bridgehead atoms. The van der Waals surface area contributed by atoms with E-state index in [2.05, 4.69) is 11.4 Å². The van der Waals surface area contributed by atoms with E-state index < -0.39 is 6.04 Å². The summed E-state index contributed by atoms with van der Waals surface area (Å²) in [6, 6.07) is 5.91. The van der Waals surface area contributed by atoms with Gasteiger partial charge in [-0.25, -0.2) is 4.90 Å². The van der Waals surface area contributed by atoms with Crippen LogP contribution in [0.2, 0.25) is 0 Å². The predicted octanol–water partition coefficient (Wildman–Crippen LogP) is 4.58. The molecule has 1 aromatic carbocycles. The van der Waals surface area contributed by atoms with Crippen molar-refractivity contribution < 1.29 is 19.2 Å². The molecule has 0 radical (unpaired) electrons. The third-order valence-corrected chi connectivity index (χ3v) is 7.24. The molecule has 1 unspecified atom stereocenters. The lowest BCUT2D eigenvalue weighted by molar-refractivity contribution is -0.142. The number of imide groups is 1. The number of hydrogen-bond acceptors (Lipinski definition) is 4. The second-order valence-electron chi connectivity index (χ2n) is 9.74. The van der Waals surface area contributed by atoms with Crippen LogP contribution in [0, 0.1) is 5.92 Å². The van der Waals surface area contributed by atoms with E-state index in [-0.39, 0.29) is 36.0 Å². The largest absolute Gasteiger partial charge is 0.330 e. The van der Waals surface area contributed by atoms with E-state index in [1.54, 1.807) is 29.2 Å². The summed E-state index contributed by atoms with van der Waals surface area (Å²) in [4.78, 5) is 54.2. The topological polar surface area (TPSA) is 86.8 Å². The highest BCUT2D eigenvalue weighted by atomic mass is 16.2. The zero-order valence-corrected chi connectivity index (χ0v) is 20.1. The normalized spacial score (nSPS) is 21.4. The molecule has 0 spiro atoms. The van der Waals surface area contributed by atoms with Gasteiger partial charge in [0, 0.05) is 25.1 Å². The SMILES string of the molecule is CC(=O)Nc1ccc(N2C(=O)CC(N(CCC3=CCCCC3)C(=O)C3CCCCC3)C2=O)cc1. The first-order chi connectivity index (χ1) is 16.4. The number of anilines is 2. The van der Waals surface area contributed by atoms with Gasteiger partial charge in [-0.15, -0.1) is 0 Å². The van der Waals surface area contributed by atoms with Crippen molar-refractivity contribution in [1.29, 1.82) is 0 Å². The average Bonchev–Trinajstić information content (AvgIpc) is 3.14. The van der Waals surface area contributed by atoms with Gasteiger partial charge in [-0.1, -0.05) is 30.9 Å². The first kappa shape index (κ1) is 24.2. The zero-order valence-electron chi connectivity index (χ0n) is 20.1. The number of carbonyl (C=O) groups is 4. The highest BCUT2D eigenvalue weighted by Gasteiger charge is 2.45. The molecule has 1 heterocycles. The maximum atomic E-state index is 13.6. The van der Waals surface area contributed by atoms with Crippen molar-refractivity contribution in [2.24, 2.45) is 5.92 Å². The molecule has 1 aromatic rings. The maximum Gasteiger partial charge on any atom is 0.257 e. The summed E-state index contributed by atoms with van der Waals surface area (Å²) in [6.07, 6.45) is 12.5. The molecule has 1 saturated carbocycles. The number of allylic oxidation sites excluding steroid dienone is 1. The highest BCUT2D eigenvalue weighted by Crippen LogP contribution is 2.32. The summed E-state index contributed by atoms with van der Waals surface area (Å²) in [5.74, 6) is -0.834. The molecule has 1 atom stereocenters. The zero-order chi connectivity index (χ0) is 24.1. The molecule has 1 aliphatic heterocycles. The van der Waals surface area contributed by atoms with Crippen LogP contribution in [0.1, 0.15) is 77.6 Å². The molecule has 3 aliphatic rings. The third kappa shape index (κ3) is 5.57. The van der Waals surface area contributed by atoms with E-state index in [0.29, 0.717) is 17.9 Å². The van der Waals surface area contributed by atoms with Gasteiger partial charge in [-0.3, -0.25) is 19.2 Å². The van der Waals surface area contributed by atoms with Gasteiger partial charge in [-0.2, -0.15) is 0 Å². The van der Waals surface area contributed by atoms with Gasteiger partial charge in [0.05, 0.1) is 12.1 Å². The second kappa shape index (κ2) is 11.0. The Kier molecular flexibility index (Phi) is 7.80. The second-order valence-corrected chi connectivity index (χ2v) is 9.74. The fraction of sp³-hybridized carbons (Fsp3) is 0.556. The smallest absolute Gasteiger partial charge is 0.257 e. The van der Waals surface area contributed by atoms with Crippen LogP contribution in [0.4, 0.5) is 11.4 Å². The minimum absolute atomic E-state index is 0.0176. The van der Waals surface area contributed by atoms with E-state index in [0.717, 1.165) is 51.4 Å². The van der Waals surface area contributed by atoms with Crippen LogP contribution in [-0.2, 0) is 19.2 Å². The Bertz CT molecular complexity index is 963. The molecule has 0 aromatic heterocycles. The summed E-state index contributed by atoms with van der Waals surface area (Å²) in [5, 5.41) is 2.69. The van der Waals surface area contributed by atoms with Crippen molar-refractivity contribution >= 4 is 35.0 Å². The van der Waals surface area contributed by atoms with Crippen LogP contribution in [0.15, 0.2) is 35.9 Å². The third-order valence-electron chi connectivity index (χ3n) is 7.24. The minimum atomic E-state index is -0.749. The fourth-order valence-electron chi connectivity index (χ4n) is 5.43. The lowest BCUT2D eigenvalue weighted by Gasteiger charge is -2.33. The fourth-order valence-corrected chi connectivity index (χ4v) is 5.43. The quantitative estimate of drug-likeness (QED) is 0.472. The van der Waals surface area contributed by atoms with Gasteiger partial charge in [0.15, 0.2) is 0 Å². The predicted molar refractivity (Wildman–Crippen MR) is 131 cm³/mol. The number of nitrogens with one attached hydrogen (secondary N) is 1. The van der Waals surface area contributed by atoms with E-state index in [4.69, 9.17) is 0 Å². The Hall–Kier alpha value is -2.96. The lowest BCUT2D eigenvalue weighted by Crippen LogP contribution is -2.48. The Morgan fingerprint density at radius 3 is 2.41 bits per heavy atom. The molecule has 1 saturated heterocycles. The monoisotopic (exact) mass is 465 g/mol. The summed E-state index contributed by atoms with van der Waals surface area (Å²) in [7, 11) is 0. The molecule has 7 nitrogen and oxygen atoms in total. The van der Waals surface area contributed by atoms with Gasteiger partial charge in [0.25, 0.3) is 5.91 Å². The van der Waals surface area contributed by atoms with E-state index in [9.17, 15) is 19.2 Å². The number of benzene rings is 1. The molecular weight excluding hydrogens is 430 g/mol. The number of nitrogens with zero attached hydrogens (tertiary/aromatic N) is 2. The molecule has 7 heteroatoms. The summed E-state index contributed by atoms with van der Waals surface area (Å²) < 4.78 is 0. The van der Waals surface area contributed by atoms with Crippen LogP contribution in [0.5, 0.6) is 0 Å². The van der Waals surface area contributed by atoms with Crippen LogP contribution < -0.4 is 10.2 Å². The summed E-state index contributed by atoms with van der Waals surface area (Å²) >= 11 is 0. The van der Waals surface area contributed by atoms with Crippen molar-refractivity contribution in [2.75, 3.05) is 16.8 Å². The minimum Gasteiger partial charge on any atom is -0.330 e. The Morgan fingerprint density at radius 1 is 1.03 bits per heavy atom. The van der Waals surface area contributed by atoms with Crippen molar-refractivity contribution in [3.05, 3.63) is 35.9 Å². The average molecular weight is 466 g/mol. The number of carbonyl (C=O) groups excluding carboxylic acids is 4. The van der Waals surface area contributed by atoms with Crippen molar-refractivity contribution in [3.63, 3.8) is 0 Å². The molecule has 2 fully saturated rings. The van der Waals surface area contributed by atoms with E-state index in [1.807, 2.05) is 0 Å².